The lowest BCUT2D eigenvalue weighted by atomic mass is 10.0. The Morgan fingerprint density at radius 3 is 2.25 bits per heavy atom. The first-order valence-corrected chi connectivity index (χ1v) is 8.28. The summed E-state index contributed by atoms with van der Waals surface area (Å²) in [7, 11) is 0. The quantitative estimate of drug-likeness (QED) is 0.834. The zero-order chi connectivity index (χ0) is 16.8. The van der Waals surface area contributed by atoms with E-state index in [2.05, 4.69) is 19.9 Å². The number of aryl methyl sites for hydroxylation is 3. The SMILES string of the molecule is Cc1cc(C)nc(N2C[C@H]3CN(C(=O)c4ncoc4C)C[C@H]3C2)n1. The summed E-state index contributed by atoms with van der Waals surface area (Å²) in [4.78, 5) is 29.9. The van der Waals surface area contributed by atoms with Gasteiger partial charge in [-0.1, -0.05) is 0 Å². The number of nitrogens with zero attached hydrogens (tertiary/aromatic N) is 5. The molecule has 2 aliphatic rings. The Morgan fingerprint density at radius 2 is 1.71 bits per heavy atom. The fourth-order valence-electron chi connectivity index (χ4n) is 3.83. The van der Waals surface area contributed by atoms with Crippen LogP contribution in [0.25, 0.3) is 0 Å². The van der Waals surface area contributed by atoms with E-state index < -0.39 is 0 Å². The first kappa shape index (κ1) is 15.1. The molecule has 4 heterocycles. The van der Waals surface area contributed by atoms with Crippen LogP contribution in [-0.2, 0) is 0 Å². The zero-order valence-electron chi connectivity index (χ0n) is 14.2. The summed E-state index contributed by atoms with van der Waals surface area (Å²) >= 11 is 0. The molecule has 0 unspecified atom stereocenters. The molecule has 2 saturated heterocycles. The third-order valence-electron chi connectivity index (χ3n) is 4.97. The fourth-order valence-corrected chi connectivity index (χ4v) is 3.83. The highest BCUT2D eigenvalue weighted by molar-refractivity contribution is 5.93. The van der Waals surface area contributed by atoms with Gasteiger partial charge in [-0.2, -0.15) is 0 Å². The number of hydrogen-bond donors (Lipinski definition) is 0. The third-order valence-corrected chi connectivity index (χ3v) is 4.97. The van der Waals surface area contributed by atoms with Crippen LogP contribution in [0.2, 0.25) is 0 Å². The first-order chi connectivity index (χ1) is 11.5. The molecule has 2 fully saturated rings. The maximum atomic E-state index is 12.6. The van der Waals surface area contributed by atoms with Gasteiger partial charge in [-0.25, -0.2) is 15.0 Å². The molecular weight excluding hydrogens is 306 g/mol. The molecule has 0 aliphatic carbocycles. The molecule has 0 N–H and O–H groups in total. The van der Waals surface area contributed by atoms with Crippen LogP contribution >= 0.6 is 0 Å². The summed E-state index contributed by atoms with van der Waals surface area (Å²) in [6.07, 6.45) is 1.33. The number of carbonyl (C=O) groups excluding carboxylic acids is 1. The minimum absolute atomic E-state index is 0.0233. The van der Waals surface area contributed by atoms with Crippen molar-refractivity contribution < 1.29 is 9.21 Å². The average molecular weight is 327 g/mol. The highest BCUT2D eigenvalue weighted by Gasteiger charge is 2.43. The second kappa shape index (κ2) is 5.58. The van der Waals surface area contributed by atoms with Gasteiger partial charge in [-0.05, 0) is 26.8 Å². The van der Waals surface area contributed by atoms with Gasteiger partial charge in [0.05, 0.1) is 0 Å². The molecule has 0 saturated carbocycles. The number of aromatic nitrogens is 3. The molecule has 1 amide bonds. The molecular formula is C17H21N5O2. The Balaban J connectivity index is 1.45. The molecule has 0 radical (unpaired) electrons. The predicted octanol–water partition coefficient (Wildman–Crippen LogP) is 1.60. The Kier molecular flexibility index (Phi) is 3.51. The Labute approximate surface area is 140 Å². The molecule has 4 rings (SSSR count). The number of hydrogen-bond acceptors (Lipinski definition) is 6. The highest BCUT2D eigenvalue weighted by atomic mass is 16.3. The molecule has 126 valence electrons. The second-order valence-electron chi connectivity index (χ2n) is 6.84. The van der Waals surface area contributed by atoms with Crippen molar-refractivity contribution in [3.05, 3.63) is 35.3 Å². The van der Waals surface area contributed by atoms with E-state index in [4.69, 9.17) is 4.42 Å². The molecule has 0 aromatic carbocycles. The first-order valence-electron chi connectivity index (χ1n) is 8.28. The Morgan fingerprint density at radius 1 is 1.08 bits per heavy atom. The molecule has 2 aromatic rings. The number of carbonyl (C=O) groups is 1. The van der Waals surface area contributed by atoms with Crippen LogP contribution in [0.1, 0.15) is 27.6 Å². The predicted molar refractivity (Wildman–Crippen MR) is 87.8 cm³/mol. The van der Waals surface area contributed by atoms with Crippen molar-refractivity contribution in [1.29, 1.82) is 0 Å². The van der Waals surface area contributed by atoms with Gasteiger partial charge in [0.1, 0.15) is 5.76 Å². The van der Waals surface area contributed by atoms with Crippen molar-refractivity contribution in [1.82, 2.24) is 19.9 Å². The monoisotopic (exact) mass is 327 g/mol. The zero-order valence-corrected chi connectivity index (χ0v) is 14.2. The van der Waals surface area contributed by atoms with Crippen LogP contribution in [0.4, 0.5) is 5.95 Å². The number of rotatable bonds is 2. The minimum Gasteiger partial charge on any atom is -0.448 e. The van der Waals surface area contributed by atoms with Crippen LogP contribution in [0.5, 0.6) is 0 Å². The van der Waals surface area contributed by atoms with Crippen molar-refractivity contribution in [2.45, 2.75) is 20.8 Å². The molecule has 0 bridgehead atoms. The summed E-state index contributed by atoms with van der Waals surface area (Å²) in [6.45, 7) is 9.08. The van der Waals surface area contributed by atoms with Crippen molar-refractivity contribution in [2.24, 2.45) is 11.8 Å². The summed E-state index contributed by atoms with van der Waals surface area (Å²) < 4.78 is 5.15. The van der Waals surface area contributed by atoms with Crippen molar-refractivity contribution in [2.75, 3.05) is 31.1 Å². The minimum atomic E-state index is -0.0233. The lowest BCUT2D eigenvalue weighted by molar-refractivity contribution is 0.0775. The highest BCUT2D eigenvalue weighted by Crippen LogP contribution is 2.33. The molecule has 0 spiro atoms. The van der Waals surface area contributed by atoms with Crippen LogP contribution in [0, 0.1) is 32.6 Å². The standard InChI is InChI=1S/C17H21N5O2/c1-10-4-11(2)20-17(19-10)22-7-13-5-21(6-14(13)8-22)16(23)15-12(3)24-9-18-15/h4,9,13-14H,5-8H2,1-3H3/t13-,14+. The second-order valence-corrected chi connectivity index (χ2v) is 6.84. The Bertz CT molecular complexity index is 753. The lowest BCUT2D eigenvalue weighted by Crippen LogP contribution is -2.34. The molecule has 7 heteroatoms. The van der Waals surface area contributed by atoms with E-state index in [0.29, 0.717) is 23.3 Å². The summed E-state index contributed by atoms with van der Waals surface area (Å²) in [5.41, 5.74) is 2.42. The van der Waals surface area contributed by atoms with Crippen LogP contribution < -0.4 is 4.90 Å². The average Bonchev–Trinajstić information content (AvgIpc) is 3.19. The van der Waals surface area contributed by atoms with Gasteiger partial charge in [0.15, 0.2) is 12.1 Å². The summed E-state index contributed by atoms with van der Waals surface area (Å²) in [5, 5.41) is 0. The maximum Gasteiger partial charge on any atom is 0.276 e. The largest absolute Gasteiger partial charge is 0.448 e. The molecule has 2 aliphatic heterocycles. The summed E-state index contributed by atoms with van der Waals surface area (Å²) in [5.74, 6) is 2.30. The van der Waals surface area contributed by atoms with E-state index in [1.165, 1.54) is 6.39 Å². The maximum absolute atomic E-state index is 12.6. The van der Waals surface area contributed by atoms with Crippen molar-refractivity contribution in [3.8, 4) is 0 Å². The van der Waals surface area contributed by atoms with Gasteiger partial charge < -0.3 is 14.2 Å². The number of oxazole rings is 1. The van der Waals surface area contributed by atoms with Crippen LogP contribution in [0.15, 0.2) is 16.9 Å². The van der Waals surface area contributed by atoms with Crippen molar-refractivity contribution in [3.63, 3.8) is 0 Å². The van der Waals surface area contributed by atoms with E-state index in [-0.39, 0.29) is 5.91 Å². The molecule has 24 heavy (non-hydrogen) atoms. The van der Waals surface area contributed by atoms with E-state index in [1.807, 2.05) is 24.8 Å². The Hall–Kier alpha value is -2.44. The molecule has 2 aromatic heterocycles. The lowest BCUT2D eigenvalue weighted by Gasteiger charge is -2.21. The van der Waals surface area contributed by atoms with E-state index >= 15 is 0 Å². The van der Waals surface area contributed by atoms with Crippen LogP contribution in [-0.4, -0.2) is 51.9 Å². The van der Waals surface area contributed by atoms with Gasteiger partial charge in [0, 0.05) is 49.4 Å². The van der Waals surface area contributed by atoms with Gasteiger partial charge in [-0.15, -0.1) is 0 Å². The number of likely N-dealkylation sites (tertiary alicyclic amines) is 1. The van der Waals surface area contributed by atoms with Gasteiger partial charge >= 0.3 is 0 Å². The van der Waals surface area contributed by atoms with Gasteiger partial charge in [0.25, 0.3) is 5.91 Å². The number of anilines is 1. The van der Waals surface area contributed by atoms with Crippen molar-refractivity contribution >= 4 is 11.9 Å². The fraction of sp³-hybridized carbons (Fsp3) is 0.529. The van der Waals surface area contributed by atoms with Gasteiger partial charge in [0.2, 0.25) is 5.95 Å². The van der Waals surface area contributed by atoms with Crippen LogP contribution in [0.3, 0.4) is 0 Å². The molecule has 7 nitrogen and oxygen atoms in total. The third kappa shape index (κ3) is 2.53. The normalized spacial score (nSPS) is 23.0. The van der Waals surface area contributed by atoms with E-state index in [0.717, 1.165) is 43.5 Å². The number of amides is 1. The molecule has 2 atom stereocenters. The number of fused-ring (bicyclic) bond motifs is 1. The van der Waals surface area contributed by atoms with Gasteiger partial charge in [-0.3, -0.25) is 4.79 Å². The topological polar surface area (TPSA) is 75.4 Å². The smallest absolute Gasteiger partial charge is 0.276 e. The summed E-state index contributed by atoms with van der Waals surface area (Å²) in [6, 6.07) is 1.99. The van der Waals surface area contributed by atoms with E-state index in [9.17, 15) is 4.79 Å². The van der Waals surface area contributed by atoms with E-state index in [1.54, 1.807) is 6.92 Å².